The van der Waals surface area contributed by atoms with Crippen LogP contribution in [0.5, 0.6) is 0 Å². The number of rotatable bonds is 4. The van der Waals surface area contributed by atoms with Gasteiger partial charge in [0.2, 0.25) is 5.91 Å². The average molecular weight is 436 g/mol. The highest BCUT2D eigenvalue weighted by Gasteiger charge is 2.56. The minimum Gasteiger partial charge on any atom is -0.324 e. The molecule has 2 aliphatic rings. The average Bonchev–Trinajstić information content (AvgIpc) is 2.77. The number of anilines is 1. The molecule has 1 aromatic carbocycles. The minimum absolute atomic E-state index is 0.0794. The van der Waals surface area contributed by atoms with E-state index in [1.54, 1.807) is 13.0 Å². The van der Waals surface area contributed by atoms with Crippen molar-refractivity contribution in [1.29, 1.82) is 0 Å². The number of carbonyl (C=O) groups is 3. The summed E-state index contributed by atoms with van der Waals surface area (Å²) < 4.78 is 23.6. The number of benzene rings is 1. The highest BCUT2D eigenvalue weighted by molar-refractivity contribution is 7.90. The first-order valence-corrected chi connectivity index (χ1v) is 11.9. The Morgan fingerprint density at radius 2 is 1.93 bits per heavy atom. The Morgan fingerprint density at radius 1 is 1.27 bits per heavy atom. The van der Waals surface area contributed by atoms with Crippen LogP contribution in [0.3, 0.4) is 0 Å². The third-order valence-corrected chi connectivity index (χ3v) is 6.95. The monoisotopic (exact) mass is 435 g/mol. The van der Waals surface area contributed by atoms with Crippen LogP contribution in [0.15, 0.2) is 23.1 Å². The maximum Gasteiger partial charge on any atom is 0.325 e. The molecule has 1 saturated carbocycles. The number of amides is 4. The summed E-state index contributed by atoms with van der Waals surface area (Å²) >= 11 is 0. The van der Waals surface area contributed by atoms with E-state index < -0.39 is 33.9 Å². The molecule has 4 amide bonds. The van der Waals surface area contributed by atoms with Gasteiger partial charge in [0.25, 0.3) is 5.91 Å². The fraction of sp³-hybridized carbons (Fsp3) is 0.571. The second-order valence-corrected chi connectivity index (χ2v) is 11.6. The van der Waals surface area contributed by atoms with Gasteiger partial charge in [-0.1, -0.05) is 26.8 Å². The van der Waals surface area contributed by atoms with Crippen LogP contribution in [0.2, 0.25) is 0 Å². The molecule has 1 heterocycles. The van der Waals surface area contributed by atoms with Gasteiger partial charge in [-0.05, 0) is 55.2 Å². The van der Waals surface area contributed by atoms with Crippen LogP contribution in [0.4, 0.5) is 10.5 Å². The Balaban J connectivity index is 1.77. The van der Waals surface area contributed by atoms with Gasteiger partial charge in [0.15, 0.2) is 9.84 Å². The van der Waals surface area contributed by atoms with Crippen molar-refractivity contribution < 1.29 is 22.8 Å². The van der Waals surface area contributed by atoms with Crippen LogP contribution in [-0.4, -0.2) is 49.5 Å². The molecular formula is C21H29N3O5S. The number of hydrogen-bond donors (Lipinski definition) is 2. The molecule has 164 valence electrons. The predicted octanol–water partition coefficient (Wildman–Crippen LogP) is 2.47. The van der Waals surface area contributed by atoms with Crippen molar-refractivity contribution in [3.05, 3.63) is 23.8 Å². The molecule has 2 fully saturated rings. The number of aryl methyl sites for hydroxylation is 1. The van der Waals surface area contributed by atoms with E-state index in [2.05, 4.69) is 31.4 Å². The molecular weight excluding hydrogens is 406 g/mol. The molecule has 1 aliphatic carbocycles. The molecule has 1 saturated heterocycles. The van der Waals surface area contributed by atoms with E-state index in [1.165, 1.54) is 12.1 Å². The van der Waals surface area contributed by atoms with Gasteiger partial charge in [-0.25, -0.2) is 13.2 Å². The highest BCUT2D eigenvalue weighted by atomic mass is 32.2. The number of hydrogen-bond acceptors (Lipinski definition) is 5. The molecule has 0 bridgehead atoms. The number of nitrogens with zero attached hydrogens (tertiary/aromatic N) is 1. The van der Waals surface area contributed by atoms with Crippen LogP contribution < -0.4 is 10.6 Å². The van der Waals surface area contributed by atoms with Gasteiger partial charge in [0.05, 0.1) is 4.90 Å². The van der Waals surface area contributed by atoms with Gasteiger partial charge >= 0.3 is 6.03 Å². The Bertz CT molecular complexity index is 1020. The summed E-state index contributed by atoms with van der Waals surface area (Å²) in [5.74, 6) is -0.663. The first-order valence-electron chi connectivity index (χ1n) is 9.97. The molecule has 1 spiro atoms. The predicted molar refractivity (Wildman–Crippen MR) is 113 cm³/mol. The van der Waals surface area contributed by atoms with Crippen LogP contribution in [0.1, 0.15) is 45.6 Å². The third-order valence-electron chi connectivity index (χ3n) is 5.84. The lowest BCUT2D eigenvalue weighted by atomic mass is 9.64. The van der Waals surface area contributed by atoms with E-state index in [0.717, 1.165) is 17.6 Å². The molecule has 1 aromatic rings. The van der Waals surface area contributed by atoms with Gasteiger partial charge in [-0.3, -0.25) is 14.5 Å². The molecule has 2 N–H and O–H groups in total. The van der Waals surface area contributed by atoms with E-state index in [-0.39, 0.29) is 22.1 Å². The molecule has 2 atom stereocenters. The zero-order valence-electron chi connectivity index (χ0n) is 18.0. The lowest BCUT2D eigenvalue weighted by Gasteiger charge is -2.43. The number of sulfone groups is 1. The van der Waals surface area contributed by atoms with E-state index in [0.29, 0.717) is 24.1 Å². The van der Waals surface area contributed by atoms with Gasteiger partial charge < -0.3 is 10.6 Å². The van der Waals surface area contributed by atoms with Crippen molar-refractivity contribution in [3.8, 4) is 0 Å². The Morgan fingerprint density at radius 3 is 2.53 bits per heavy atom. The van der Waals surface area contributed by atoms with Crippen molar-refractivity contribution in [2.24, 2.45) is 11.3 Å². The number of imide groups is 1. The maximum atomic E-state index is 13.1. The van der Waals surface area contributed by atoms with Gasteiger partial charge in [-0.2, -0.15) is 0 Å². The van der Waals surface area contributed by atoms with Gasteiger partial charge in [0.1, 0.15) is 12.1 Å². The molecule has 0 radical (unpaired) electrons. The Labute approximate surface area is 177 Å². The zero-order chi connectivity index (χ0) is 22.5. The van der Waals surface area contributed by atoms with Gasteiger partial charge in [-0.15, -0.1) is 0 Å². The molecule has 8 nitrogen and oxygen atoms in total. The van der Waals surface area contributed by atoms with E-state index >= 15 is 0 Å². The van der Waals surface area contributed by atoms with Crippen LogP contribution in [0.25, 0.3) is 0 Å². The Kier molecular flexibility index (Phi) is 5.47. The van der Waals surface area contributed by atoms with Crippen molar-refractivity contribution in [2.75, 3.05) is 18.1 Å². The maximum absolute atomic E-state index is 13.1. The molecule has 1 aliphatic heterocycles. The lowest BCUT2D eigenvalue weighted by molar-refractivity contribution is -0.136. The van der Waals surface area contributed by atoms with Crippen molar-refractivity contribution in [3.63, 3.8) is 0 Å². The first-order chi connectivity index (χ1) is 13.7. The summed E-state index contributed by atoms with van der Waals surface area (Å²) in [6.45, 7) is 7.53. The topological polar surface area (TPSA) is 113 Å². The van der Waals surface area contributed by atoms with E-state index in [1.807, 2.05) is 0 Å². The molecule has 9 heteroatoms. The van der Waals surface area contributed by atoms with E-state index in [9.17, 15) is 22.8 Å². The normalized spacial score (nSPS) is 26.0. The number of urea groups is 1. The summed E-state index contributed by atoms with van der Waals surface area (Å²) in [5.41, 5.74) is -0.0587. The fourth-order valence-corrected chi connectivity index (χ4v) is 5.60. The van der Waals surface area contributed by atoms with E-state index in [4.69, 9.17) is 0 Å². The quantitative estimate of drug-likeness (QED) is 0.706. The summed E-state index contributed by atoms with van der Waals surface area (Å²) in [5, 5.41) is 5.47. The highest BCUT2D eigenvalue weighted by Crippen LogP contribution is 2.46. The Hall–Kier alpha value is -2.42. The lowest BCUT2D eigenvalue weighted by Crippen LogP contribution is -2.54. The van der Waals surface area contributed by atoms with Crippen molar-refractivity contribution in [1.82, 2.24) is 10.2 Å². The summed E-state index contributed by atoms with van der Waals surface area (Å²) in [6, 6.07) is 3.87. The van der Waals surface area contributed by atoms with Crippen molar-refractivity contribution in [2.45, 2.75) is 57.4 Å². The standard InChI is InChI=1S/C21H29N3O5S/c1-13-9-20(3,4)12-21(10-13)18(26)24(19(27)23-21)11-17(25)22-16-8-15(30(5,28)29)7-6-14(16)2/h6-8,13H,9-12H2,1-5H3,(H,22,25)(H,23,27). The van der Waals surface area contributed by atoms with Crippen molar-refractivity contribution >= 4 is 33.4 Å². The van der Waals surface area contributed by atoms with Crippen LogP contribution in [-0.2, 0) is 19.4 Å². The minimum atomic E-state index is -3.43. The SMILES string of the molecule is Cc1ccc(S(C)(=O)=O)cc1NC(=O)CN1C(=O)NC2(CC(C)CC(C)(C)C2)C1=O. The number of carbonyl (C=O) groups excluding carboxylic acids is 3. The second kappa shape index (κ2) is 7.37. The third kappa shape index (κ3) is 4.35. The van der Waals surface area contributed by atoms with Crippen LogP contribution in [0, 0.1) is 18.3 Å². The molecule has 30 heavy (non-hydrogen) atoms. The molecule has 0 aromatic heterocycles. The van der Waals surface area contributed by atoms with Crippen LogP contribution >= 0.6 is 0 Å². The molecule has 3 rings (SSSR count). The second-order valence-electron chi connectivity index (χ2n) is 9.56. The largest absolute Gasteiger partial charge is 0.325 e. The molecule has 2 unspecified atom stereocenters. The smallest absolute Gasteiger partial charge is 0.324 e. The first kappa shape index (κ1) is 22.3. The fourth-order valence-electron chi connectivity index (χ4n) is 4.95. The van der Waals surface area contributed by atoms with Gasteiger partial charge in [0, 0.05) is 11.9 Å². The summed E-state index contributed by atoms with van der Waals surface area (Å²) in [7, 11) is -3.43. The number of nitrogens with one attached hydrogen (secondary N) is 2. The summed E-state index contributed by atoms with van der Waals surface area (Å²) in [6.07, 6.45) is 3.13. The zero-order valence-corrected chi connectivity index (χ0v) is 18.9. The summed E-state index contributed by atoms with van der Waals surface area (Å²) in [4.78, 5) is 39.3.